The zero-order chi connectivity index (χ0) is 23.3. The van der Waals surface area contributed by atoms with Crippen molar-refractivity contribution < 1.29 is 18.2 Å². The number of halogens is 1. The summed E-state index contributed by atoms with van der Waals surface area (Å²) in [7, 11) is -4.89. The fourth-order valence-corrected chi connectivity index (χ4v) is 10.1. The average Bonchev–Trinajstić information content (AvgIpc) is 3.04. The summed E-state index contributed by atoms with van der Waals surface area (Å²) in [4.78, 5) is 9.07. The molecule has 186 valence electrons. The van der Waals surface area contributed by atoms with Gasteiger partial charge in [-0.2, -0.15) is 0 Å². The molecule has 0 spiro atoms. The Labute approximate surface area is 196 Å². The Morgan fingerprint density at radius 3 is 2.34 bits per heavy atom. The van der Waals surface area contributed by atoms with E-state index in [0.29, 0.717) is 16.7 Å². The monoisotopic (exact) mass is 470 g/mol. The van der Waals surface area contributed by atoms with Crippen LogP contribution in [0.5, 0.6) is 0 Å². The van der Waals surface area contributed by atoms with Gasteiger partial charge in [-0.1, -0.05) is 53.9 Å². The van der Waals surface area contributed by atoms with Gasteiger partial charge in [-0.05, 0) is 110 Å². The zero-order valence-electron chi connectivity index (χ0n) is 21.2. The van der Waals surface area contributed by atoms with E-state index in [1.807, 2.05) is 0 Å². The third-order valence-corrected chi connectivity index (χ3v) is 11.7. The van der Waals surface area contributed by atoms with Gasteiger partial charge >= 0.3 is 7.91 Å². The summed E-state index contributed by atoms with van der Waals surface area (Å²) in [6, 6.07) is 0. The van der Waals surface area contributed by atoms with E-state index in [9.17, 15) is 8.76 Å². The molecule has 0 saturated heterocycles. The highest BCUT2D eigenvalue weighted by atomic mass is 31.2. The molecule has 0 aliphatic heterocycles. The maximum atomic E-state index is 13.3. The molecule has 0 aromatic carbocycles. The third kappa shape index (κ3) is 4.76. The molecule has 0 aromatic heterocycles. The standard InChI is InChI=1S/C27H48FO3P/c1-18(2)7-6-8-19(3)23-11-12-24-22-10-9-20-17-21(31-32(28,29)30)13-15-26(20,4)25(22)14-16-27(23,24)5/h18-25H,6-17H2,1-5H3,(H,29,30)/t19-,20?,21+,22+,23-,24+,25+,26+,27-/m1/s1. The van der Waals surface area contributed by atoms with E-state index >= 15 is 0 Å². The molecule has 4 rings (SSSR count). The van der Waals surface area contributed by atoms with Crippen LogP contribution in [0.3, 0.4) is 0 Å². The summed E-state index contributed by atoms with van der Waals surface area (Å²) in [6.45, 7) is 12.4. The van der Waals surface area contributed by atoms with Crippen LogP contribution in [0, 0.1) is 52.3 Å². The molecule has 5 heteroatoms. The van der Waals surface area contributed by atoms with Gasteiger partial charge in [0.1, 0.15) is 0 Å². The van der Waals surface area contributed by atoms with Gasteiger partial charge in [0.15, 0.2) is 0 Å². The topological polar surface area (TPSA) is 46.5 Å². The van der Waals surface area contributed by atoms with Crippen molar-refractivity contribution in [1.82, 2.24) is 0 Å². The predicted molar refractivity (Wildman–Crippen MR) is 129 cm³/mol. The normalized spacial score (nSPS) is 46.8. The Balaban J connectivity index is 1.43. The first kappa shape index (κ1) is 25.2. The highest BCUT2D eigenvalue weighted by molar-refractivity contribution is 7.46. The smallest absolute Gasteiger partial charge is 0.299 e. The van der Waals surface area contributed by atoms with E-state index in [0.717, 1.165) is 54.8 Å². The minimum absolute atomic E-state index is 0.292. The Kier molecular flexibility index (Phi) is 7.29. The van der Waals surface area contributed by atoms with Crippen LogP contribution < -0.4 is 0 Å². The molecule has 32 heavy (non-hydrogen) atoms. The van der Waals surface area contributed by atoms with Crippen molar-refractivity contribution in [2.24, 2.45) is 52.3 Å². The molecule has 4 aliphatic rings. The van der Waals surface area contributed by atoms with Crippen LogP contribution in [0.4, 0.5) is 4.20 Å². The van der Waals surface area contributed by atoms with E-state index < -0.39 is 7.91 Å². The van der Waals surface area contributed by atoms with Gasteiger partial charge in [0.05, 0.1) is 6.10 Å². The Morgan fingerprint density at radius 2 is 1.66 bits per heavy atom. The van der Waals surface area contributed by atoms with Gasteiger partial charge in [-0.15, -0.1) is 4.20 Å². The van der Waals surface area contributed by atoms with Crippen LogP contribution in [0.2, 0.25) is 0 Å². The first-order valence-corrected chi connectivity index (χ1v) is 15.1. The molecule has 0 aromatic rings. The zero-order valence-corrected chi connectivity index (χ0v) is 22.1. The summed E-state index contributed by atoms with van der Waals surface area (Å²) in [5.41, 5.74) is 0.806. The van der Waals surface area contributed by atoms with Crippen molar-refractivity contribution in [1.29, 1.82) is 0 Å². The average molecular weight is 471 g/mol. The van der Waals surface area contributed by atoms with Gasteiger partial charge in [0, 0.05) is 0 Å². The first-order valence-electron chi connectivity index (χ1n) is 13.6. The van der Waals surface area contributed by atoms with E-state index in [1.54, 1.807) is 0 Å². The molecule has 0 radical (unpaired) electrons. The van der Waals surface area contributed by atoms with Crippen molar-refractivity contribution in [3.8, 4) is 0 Å². The third-order valence-electron chi connectivity index (χ3n) is 11.1. The molecule has 10 atom stereocenters. The van der Waals surface area contributed by atoms with Crippen molar-refractivity contribution in [3.63, 3.8) is 0 Å². The van der Waals surface area contributed by atoms with E-state index in [4.69, 9.17) is 9.42 Å². The maximum absolute atomic E-state index is 13.3. The molecular weight excluding hydrogens is 422 g/mol. The largest absolute Gasteiger partial charge is 0.510 e. The van der Waals surface area contributed by atoms with Gasteiger partial charge < -0.3 is 0 Å². The summed E-state index contributed by atoms with van der Waals surface area (Å²) in [5.74, 6) is 5.52. The van der Waals surface area contributed by atoms with Gasteiger partial charge in [-0.25, -0.2) is 4.57 Å². The molecule has 0 amide bonds. The minimum atomic E-state index is -4.89. The van der Waals surface area contributed by atoms with Crippen LogP contribution in [0.15, 0.2) is 0 Å². The summed E-state index contributed by atoms with van der Waals surface area (Å²) in [5, 5.41) is 0. The maximum Gasteiger partial charge on any atom is 0.510 e. The van der Waals surface area contributed by atoms with Gasteiger partial charge in [0.25, 0.3) is 0 Å². The molecule has 2 unspecified atom stereocenters. The molecular formula is C27H48FO3P. The summed E-state index contributed by atoms with van der Waals surface area (Å²) in [6.07, 6.45) is 14.3. The van der Waals surface area contributed by atoms with Crippen LogP contribution in [-0.4, -0.2) is 11.0 Å². The summed E-state index contributed by atoms with van der Waals surface area (Å²) < 4.78 is 29.3. The van der Waals surface area contributed by atoms with Gasteiger partial charge in [-0.3, -0.25) is 9.42 Å². The van der Waals surface area contributed by atoms with Crippen LogP contribution in [0.1, 0.15) is 112 Å². The van der Waals surface area contributed by atoms with E-state index in [-0.39, 0.29) is 6.10 Å². The fourth-order valence-electron chi connectivity index (χ4n) is 9.52. The van der Waals surface area contributed by atoms with Crippen molar-refractivity contribution >= 4 is 7.91 Å². The lowest BCUT2D eigenvalue weighted by Gasteiger charge is -2.61. The molecule has 4 saturated carbocycles. The fraction of sp³-hybridized carbons (Fsp3) is 1.00. The molecule has 1 N–H and O–H groups in total. The predicted octanol–water partition coefficient (Wildman–Crippen LogP) is 8.56. The number of hydrogen-bond acceptors (Lipinski definition) is 2. The first-order chi connectivity index (χ1) is 14.9. The van der Waals surface area contributed by atoms with Crippen molar-refractivity contribution in [2.75, 3.05) is 0 Å². The number of rotatable bonds is 7. The highest BCUT2D eigenvalue weighted by Crippen LogP contribution is 2.68. The van der Waals surface area contributed by atoms with E-state index in [1.165, 1.54) is 57.8 Å². The quantitative estimate of drug-likeness (QED) is 0.379. The highest BCUT2D eigenvalue weighted by Gasteiger charge is 2.60. The lowest BCUT2D eigenvalue weighted by Crippen LogP contribution is -2.54. The second kappa shape index (κ2) is 9.27. The van der Waals surface area contributed by atoms with Crippen LogP contribution >= 0.6 is 7.91 Å². The number of fused-ring (bicyclic) bond motifs is 5. The number of hydrogen-bond donors (Lipinski definition) is 1. The van der Waals surface area contributed by atoms with Crippen LogP contribution in [0.25, 0.3) is 0 Å². The lowest BCUT2D eigenvalue weighted by atomic mass is 9.44. The Bertz CT molecular complexity index is 707. The molecule has 3 nitrogen and oxygen atoms in total. The van der Waals surface area contributed by atoms with Crippen molar-refractivity contribution in [2.45, 2.75) is 118 Å². The SMILES string of the molecule is CC(C)CCC[C@@H](C)[C@H]1CC[C@H]2[C@@H]3CCC4C[C@@H](OP(=O)(O)F)CC[C@]4(C)[C@H]3CC[C@]12C. The van der Waals surface area contributed by atoms with Crippen LogP contribution in [-0.2, 0) is 9.09 Å². The molecule has 4 fully saturated rings. The minimum Gasteiger partial charge on any atom is -0.299 e. The van der Waals surface area contributed by atoms with E-state index in [2.05, 4.69) is 34.6 Å². The second-order valence-corrected chi connectivity index (χ2v) is 14.3. The summed E-state index contributed by atoms with van der Waals surface area (Å²) >= 11 is 0. The molecule has 4 aliphatic carbocycles. The van der Waals surface area contributed by atoms with Crippen molar-refractivity contribution in [3.05, 3.63) is 0 Å². The second-order valence-electron chi connectivity index (χ2n) is 13.1. The molecule has 0 heterocycles. The Morgan fingerprint density at radius 1 is 0.969 bits per heavy atom. The lowest BCUT2D eigenvalue weighted by molar-refractivity contribution is -0.127. The van der Waals surface area contributed by atoms with Gasteiger partial charge in [0.2, 0.25) is 0 Å². The Hall–Kier alpha value is 0.0800. The molecule has 0 bridgehead atoms.